The smallest absolute Gasteiger partial charge is 0.312 e. The molecule has 2 fully saturated rings. The van der Waals surface area contributed by atoms with Gasteiger partial charge in [-0.25, -0.2) is 0 Å². The van der Waals surface area contributed by atoms with Crippen LogP contribution in [0.3, 0.4) is 0 Å². The maximum atomic E-state index is 12.9. The highest BCUT2D eigenvalue weighted by molar-refractivity contribution is 4.97. The van der Waals surface area contributed by atoms with Crippen LogP contribution in [-0.4, -0.2) is 42.3 Å². The van der Waals surface area contributed by atoms with Crippen LogP contribution in [0, 0.1) is 5.92 Å². The topological polar surface area (TPSA) is 15.3 Å². The van der Waals surface area contributed by atoms with Crippen molar-refractivity contribution in [2.24, 2.45) is 5.92 Å². The lowest BCUT2D eigenvalue weighted by atomic mass is 9.82. The Labute approximate surface area is 120 Å². The van der Waals surface area contributed by atoms with Crippen molar-refractivity contribution in [1.29, 1.82) is 0 Å². The fourth-order valence-electron chi connectivity index (χ4n) is 3.42. The minimum Gasteiger partial charge on any atom is -0.312 e. The van der Waals surface area contributed by atoms with Gasteiger partial charge in [0, 0.05) is 18.1 Å². The summed E-state index contributed by atoms with van der Waals surface area (Å²) in [6.45, 7) is 4.43. The van der Waals surface area contributed by atoms with Crippen LogP contribution < -0.4 is 5.32 Å². The largest absolute Gasteiger partial charge is 0.401 e. The summed E-state index contributed by atoms with van der Waals surface area (Å²) in [4.78, 5) is 1.75. The first-order chi connectivity index (χ1) is 9.40. The van der Waals surface area contributed by atoms with Crippen molar-refractivity contribution in [2.45, 2.75) is 76.7 Å². The zero-order chi connectivity index (χ0) is 14.8. The van der Waals surface area contributed by atoms with Crippen LogP contribution in [0.25, 0.3) is 0 Å². The molecule has 2 rings (SSSR count). The van der Waals surface area contributed by atoms with E-state index in [2.05, 4.69) is 19.2 Å². The van der Waals surface area contributed by atoms with Crippen molar-refractivity contribution in [1.82, 2.24) is 10.2 Å². The standard InChI is InChI=1S/C15H27F3N2/c1-3-8-19-13-7-4-11(2)9-14(13)20(12-5-6-12)10-15(16,17)18/h11-14,19H,3-10H2,1-2H3. The summed E-state index contributed by atoms with van der Waals surface area (Å²) in [5.74, 6) is 0.536. The molecule has 0 amide bonds. The summed E-state index contributed by atoms with van der Waals surface area (Å²) in [6, 6.07) is 0.450. The third-order valence-electron chi connectivity index (χ3n) is 4.54. The summed E-state index contributed by atoms with van der Waals surface area (Å²) >= 11 is 0. The van der Waals surface area contributed by atoms with Crippen molar-refractivity contribution in [3.8, 4) is 0 Å². The fourth-order valence-corrected chi connectivity index (χ4v) is 3.42. The Balaban J connectivity index is 2.05. The van der Waals surface area contributed by atoms with Gasteiger partial charge in [-0.1, -0.05) is 13.8 Å². The van der Waals surface area contributed by atoms with E-state index in [1.54, 1.807) is 4.90 Å². The predicted octanol–water partition coefficient (Wildman–Crippen LogP) is 3.57. The first-order valence-corrected chi connectivity index (χ1v) is 7.96. The van der Waals surface area contributed by atoms with Gasteiger partial charge < -0.3 is 5.32 Å². The first-order valence-electron chi connectivity index (χ1n) is 7.96. The van der Waals surface area contributed by atoms with E-state index in [-0.39, 0.29) is 18.1 Å². The van der Waals surface area contributed by atoms with Gasteiger partial charge in [0.2, 0.25) is 0 Å². The molecule has 2 aliphatic carbocycles. The lowest BCUT2D eigenvalue weighted by Gasteiger charge is -2.43. The monoisotopic (exact) mass is 292 g/mol. The second kappa shape index (κ2) is 6.65. The minimum absolute atomic E-state index is 0.0550. The van der Waals surface area contributed by atoms with Crippen LogP contribution in [0.1, 0.15) is 52.4 Å². The Morgan fingerprint density at radius 1 is 1.15 bits per heavy atom. The third kappa shape index (κ3) is 4.62. The summed E-state index contributed by atoms with van der Waals surface area (Å²) in [5.41, 5.74) is 0. The molecule has 0 heterocycles. The van der Waals surface area contributed by atoms with Crippen LogP contribution >= 0.6 is 0 Å². The van der Waals surface area contributed by atoms with E-state index < -0.39 is 12.7 Å². The molecule has 5 heteroatoms. The Bertz CT molecular complexity index is 300. The molecule has 2 aliphatic rings. The van der Waals surface area contributed by atoms with E-state index in [1.807, 2.05) is 0 Å². The maximum Gasteiger partial charge on any atom is 0.401 e. The Hall–Kier alpha value is -0.290. The number of halogens is 3. The summed E-state index contributed by atoms with van der Waals surface area (Å²) in [7, 11) is 0. The van der Waals surface area contributed by atoms with Crippen LogP contribution in [-0.2, 0) is 0 Å². The molecule has 0 spiro atoms. The van der Waals surface area contributed by atoms with E-state index in [0.717, 1.165) is 45.1 Å². The second-order valence-corrected chi connectivity index (χ2v) is 6.56. The quantitative estimate of drug-likeness (QED) is 0.805. The fraction of sp³-hybridized carbons (Fsp3) is 1.00. The third-order valence-corrected chi connectivity index (χ3v) is 4.54. The Morgan fingerprint density at radius 3 is 2.40 bits per heavy atom. The molecule has 3 atom stereocenters. The van der Waals surface area contributed by atoms with Crippen LogP contribution in [0.2, 0.25) is 0 Å². The zero-order valence-corrected chi connectivity index (χ0v) is 12.5. The van der Waals surface area contributed by atoms with Gasteiger partial charge in [-0.3, -0.25) is 4.90 Å². The minimum atomic E-state index is -4.08. The molecule has 0 radical (unpaired) electrons. The highest BCUT2D eigenvalue weighted by atomic mass is 19.4. The highest BCUT2D eigenvalue weighted by Crippen LogP contribution is 2.37. The maximum absolute atomic E-state index is 12.9. The molecule has 0 aromatic carbocycles. The van der Waals surface area contributed by atoms with Gasteiger partial charge >= 0.3 is 6.18 Å². The van der Waals surface area contributed by atoms with Crippen molar-refractivity contribution in [3.63, 3.8) is 0 Å². The second-order valence-electron chi connectivity index (χ2n) is 6.56. The highest BCUT2D eigenvalue weighted by Gasteiger charge is 2.44. The normalized spacial score (nSPS) is 31.8. The van der Waals surface area contributed by atoms with E-state index in [1.165, 1.54) is 0 Å². The first kappa shape index (κ1) is 16.1. The summed E-state index contributed by atoms with van der Waals surface area (Å²) < 4.78 is 38.6. The Kier molecular flexibility index (Phi) is 5.35. The van der Waals surface area contributed by atoms with Crippen LogP contribution in [0.4, 0.5) is 13.2 Å². The predicted molar refractivity (Wildman–Crippen MR) is 74.7 cm³/mol. The molecule has 3 unspecified atom stereocenters. The number of rotatable bonds is 6. The molecular weight excluding hydrogens is 265 g/mol. The van der Waals surface area contributed by atoms with Gasteiger partial charge in [0.25, 0.3) is 0 Å². The van der Waals surface area contributed by atoms with Crippen molar-refractivity contribution < 1.29 is 13.2 Å². The molecular formula is C15H27F3N2. The molecule has 20 heavy (non-hydrogen) atoms. The van der Waals surface area contributed by atoms with Crippen molar-refractivity contribution >= 4 is 0 Å². The summed E-state index contributed by atoms with van der Waals surface area (Å²) in [6.07, 6.45) is 1.84. The lowest BCUT2D eigenvalue weighted by molar-refractivity contribution is -0.155. The summed E-state index contributed by atoms with van der Waals surface area (Å²) in [5, 5.41) is 3.48. The van der Waals surface area contributed by atoms with Gasteiger partial charge in [0.1, 0.15) is 0 Å². The molecule has 1 N–H and O–H groups in total. The SMILES string of the molecule is CCCNC1CCC(C)CC1N(CC(F)(F)F)C1CC1. The van der Waals surface area contributed by atoms with Gasteiger partial charge in [0.05, 0.1) is 6.54 Å². The average molecular weight is 292 g/mol. The number of alkyl halides is 3. The molecule has 0 aliphatic heterocycles. The van der Waals surface area contributed by atoms with E-state index in [0.29, 0.717) is 5.92 Å². The van der Waals surface area contributed by atoms with Gasteiger partial charge in [-0.15, -0.1) is 0 Å². The van der Waals surface area contributed by atoms with Crippen LogP contribution in [0.15, 0.2) is 0 Å². The number of hydrogen-bond donors (Lipinski definition) is 1. The molecule has 0 aromatic heterocycles. The van der Waals surface area contributed by atoms with Crippen molar-refractivity contribution in [3.05, 3.63) is 0 Å². The lowest BCUT2D eigenvalue weighted by Crippen LogP contribution is -2.56. The number of nitrogens with one attached hydrogen (secondary N) is 1. The van der Waals surface area contributed by atoms with Crippen molar-refractivity contribution in [2.75, 3.05) is 13.1 Å². The number of nitrogens with zero attached hydrogens (tertiary/aromatic N) is 1. The van der Waals surface area contributed by atoms with Gasteiger partial charge in [-0.2, -0.15) is 13.2 Å². The molecule has 118 valence electrons. The van der Waals surface area contributed by atoms with Crippen LogP contribution in [0.5, 0.6) is 0 Å². The van der Waals surface area contributed by atoms with Gasteiger partial charge in [0.15, 0.2) is 0 Å². The van der Waals surface area contributed by atoms with E-state index in [9.17, 15) is 13.2 Å². The molecule has 0 aromatic rings. The number of hydrogen-bond acceptors (Lipinski definition) is 2. The van der Waals surface area contributed by atoms with E-state index in [4.69, 9.17) is 0 Å². The Morgan fingerprint density at radius 2 is 1.85 bits per heavy atom. The molecule has 2 saturated carbocycles. The van der Waals surface area contributed by atoms with E-state index >= 15 is 0 Å². The van der Waals surface area contributed by atoms with Gasteiger partial charge in [-0.05, 0) is 51.0 Å². The molecule has 2 nitrogen and oxygen atoms in total. The molecule has 0 saturated heterocycles. The average Bonchev–Trinajstić information content (AvgIpc) is 3.17. The zero-order valence-electron chi connectivity index (χ0n) is 12.5. The molecule has 0 bridgehead atoms.